The number of benzene rings is 1. The molecule has 10 heteroatoms. The van der Waals surface area contributed by atoms with Crippen LogP contribution in [-0.2, 0) is 0 Å². The van der Waals surface area contributed by atoms with Gasteiger partial charge in [0, 0.05) is 5.56 Å². The molecule has 1 aromatic carbocycles. The monoisotopic (exact) mass is 342 g/mol. The van der Waals surface area contributed by atoms with Crippen LogP contribution >= 0.6 is 11.6 Å². The van der Waals surface area contributed by atoms with E-state index in [1.807, 2.05) is 4.98 Å². The Hall–Kier alpha value is -3.07. The second-order valence-electron chi connectivity index (χ2n) is 4.36. The average Bonchev–Trinajstić information content (AvgIpc) is 2.42. The third-order valence-electron chi connectivity index (χ3n) is 3.00. The molecule has 120 valence electrons. The van der Waals surface area contributed by atoms with Crippen LogP contribution in [0.3, 0.4) is 0 Å². The molecule has 0 aliphatic rings. The normalized spacial score (nSPS) is 10.5. The number of aromatic hydroxyl groups is 1. The number of aromatic nitrogens is 1. The van der Waals surface area contributed by atoms with Crippen LogP contribution in [0.4, 0.5) is 10.2 Å². The Morgan fingerprint density at radius 1 is 1.13 bits per heavy atom. The van der Waals surface area contributed by atoms with Crippen LogP contribution in [0.5, 0.6) is 5.75 Å². The maximum atomic E-state index is 14.3. The van der Waals surface area contributed by atoms with Gasteiger partial charge in [-0.2, -0.15) is 0 Å². The van der Waals surface area contributed by atoms with Crippen LogP contribution in [0.15, 0.2) is 16.9 Å². The van der Waals surface area contributed by atoms with Gasteiger partial charge in [-0.1, -0.05) is 11.6 Å². The fourth-order valence-electron chi connectivity index (χ4n) is 2.07. The topological polar surface area (TPSA) is 154 Å². The molecule has 0 amide bonds. The molecular weight excluding hydrogens is 335 g/mol. The number of aromatic amines is 1. The number of nitrogen functional groups attached to an aromatic ring is 1. The first-order valence-corrected chi connectivity index (χ1v) is 6.24. The number of anilines is 1. The number of halogens is 2. The first kappa shape index (κ1) is 16.3. The maximum Gasteiger partial charge on any atom is 0.342 e. The molecular formula is C13H8ClFN2O6. The van der Waals surface area contributed by atoms with Crippen molar-refractivity contribution in [3.8, 4) is 16.9 Å². The van der Waals surface area contributed by atoms with E-state index in [4.69, 9.17) is 22.4 Å². The van der Waals surface area contributed by atoms with Gasteiger partial charge in [0.2, 0.25) is 0 Å². The van der Waals surface area contributed by atoms with Crippen molar-refractivity contribution in [3.05, 3.63) is 44.5 Å². The number of nitrogens with two attached hydrogens (primary N) is 1. The zero-order valence-electron chi connectivity index (χ0n) is 11.1. The summed E-state index contributed by atoms with van der Waals surface area (Å²) < 4.78 is 14.3. The van der Waals surface area contributed by atoms with Gasteiger partial charge >= 0.3 is 11.9 Å². The Morgan fingerprint density at radius 3 is 2.22 bits per heavy atom. The quantitative estimate of drug-likeness (QED) is 0.566. The Morgan fingerprint density at radius 2 is 1.70 bits per heavy atom. The number of phenolic OH excluding ortho intramolecular Hbond substituents is 1. The van der Waals surface area contributed by atoms with E-state index in [1.54, 1.807) is 0 Å². The van der Waals surface area contributed by atoms with E-state index in [9.17, 15) is 29.0 Å². The van der Waals surface area contributed by atoms with Gasteiger partial charge in [-0.25, -0.2) is 14.0 Å². The molecule has 0 fully saturated rings. The van der Waals surface area contributed by atoms with E-state index in [0.29, 0.717) is 0 Å². The van der Waals surface area contributed by atoms with Gasteiger partial charge in [-0.15, -0.1) is 0 Å². The molecule has 0 unspecified atom stereocenters. The molecule has 0 radical (unpaired) electrons. The second kappa shape index (κ2) is 5.61. The van der Waals surface area contributed by atoms with Crippen molar-refractivity contribution in [1.82, 2.24) is 4.98 Å². The van der Waals surface area contributed by atoms with Crippen LogP contribution in [-0.4, -0.2) is 32.2 Å². The molecule has 0 atom stereocenters. The third-order valence-corrected chi connectivity index (χ3v) is 3.29. The number of carboxylic acid groups (broad SMARTS) is 2. The van der Waals surface area contributed by atoms with Crippen molar-refractivity contribution in [2.24, 2.45) is 0 Å². The van der Waals surface area contributed by atoms with Gasteiger partial charge < -0.3 is 26.0 Å². The Labute approximate surface area is 131 Å². The molecule has 2 rings (SSSR count). The van der Waals surface area contributed by atoms with Gasteiger partial charge in [-0.05, 0) is 12.1 Å². The molecule has 0 spiro atoms. The molecule has 0 saturated carbocycles. The van der Waals surface area contributed by atoms with Crippen LogP contribution in [0.25, 0.3) is 11.1 Å². The van der Waals surface area contributed by atoms with E-state index in [1.165, 1.54) is 0 Å². The van der Waals surface area contributed by atoms with E-state index >= 15 is 0 Å². The molecule has 0 saturated heterocycles. The number of aromatic carboxylic acids is 2. The number of pyridine rings is 1. The van der Waals surface area contributed by atoms with Crippen molar-refractivity contribution < 1.29 is 29.3 Å². The smallest absolute Gasteiger partial charge is 0.342 e. The third kappa shape index (κ3) is 2.57. The number of H-pyrrole nitrogens is 1. The highest BCUT2D eigenvalue weighted by molar-refractivity contribution is 6.31. The molecule has 0 aliphatic heterocycles. The lowest BCUT2D eigenvalue weighted by molar-refractivity contribution is 0.0695. The number of nitrogens with one attached hydrogen (secondary N) is 1. The predicted octanol–water partition coefficient (Wildman–Crippen LogP) is 1.52. The summed E-state index contributed by atoms with van der Waals surface area (Å²) in [4.78, 5) is 36.4. The van der Waals surface area contributed by atoms with Crippen LogP contribution in [0.2, 0.25) is 5.02 Å². The predicted molar refractivity (Wildman–Crippen MR) is 77.5 cm³/mol. The zero-order chi connectivity index (χ0) is 17.5. The number of rotatable bonds is 3. The Balaban J connectivity index is 3.14. The Kier molecular flexibility index (Phi) is 3.98. The summed E-state index contributed by atoms with van der Waals surface area (Å²) in [7, 11) is 0. The van der Waals surface area contributed by atoms with Crippen LogP contribution in [0, 0.1) is 5.82 Å². The first-order valence-electron chi connectivity index (χ1n) is 5.86. The highest BCUT2D eigenvalue weighted by atomic mass is 35.5. The van der Waals surface area contributed by atoms with Gasteiger partial charge in [0.1, 0.15) is 22.7 Å². The summed E-state index contributed by atoms with van der Waals surface area (Å²) in [6.45, 7) is 0. The lowest BCUT2D eigenvalue weighted by atomic mass is 9.94. The average molecular weight is 343 g/mol. The van der Waals surface area contributed by atoms with Gasteiger partial charge in [0.25, 0.3) is 5.56 Å². The molecule has 0 aliphatic carbocycles. The summed E-state index contributed by atoms with van der Waals surface area (Å²) in [6.07, 6.45) is 0. The SMILES string of the molecule is Nc1[nH]c(=O)c(C(=O)O)c(-c2c(O)ccc(Cl)c2F)c1C(=O)O. The Bertz CT molecular complexity index is 908. The maximum absolute atomic E-state index is 14.3. The van der Waals surface area contributed by atoms with E-state index in [2.05, 4.69) is 0 Å². The second-order valence-corrected chi connectivity index (χ2v) is 4.77. The largest absolute Gasteiger partial charge is 0.507 e. The molecule has 1 aromatic heterocycles. The lowest BCUT2D eigenvalue weighted by Gasteiger charge is -2.14. The van der Waals surface area contributed by atoms with Crippen molar-refractivity contribution >= 4 is 29.4 Å². The molecule has 1 heterocycles. The number of phenols is 1. The first-order chi connectivity index (χ1) is 10.7. The van der Waals surface area contributed by atoms with Crippen molar-refractivity contribution in [3.63, 3.8) is 0 Å². The molecule has 0 bridgehead atoms. The fourth-order valence-corrected chi connectivity index (χ4v) is 2.23. The summed E-state index contributed by atoms with van der Waals surface area (Å²) in [6, 6.07) is 1.91. The molecule has 23 heavy (non-hydrogen) atoms. The molecule has 6 N–H and O–H groups in total. The minimum atomic E-state index is -1.83. The summed E-state index contributed by atoms with van der Waals surface area (Å²) in [5.74, 6) is -6.35. The molecule has 8 nitrogen and oxygen atoms in total. The van der Waals surface area contributed by atoms with Crippen LogP contribution < -0.4 is 11.3 Å². The van der Waals surface area contributed by atoms with Crippen molar-refractivity contribution in [2.45, 2.75) is 0 Å². The van der Waals surface area contributed by atoms with Gasteiger partial charge in [0.05, 0.1) is 10.6 Å². The van der Waals surface area contributed by atoms with Gasteiger partial charge in [0.15, 0.2) is 5.82 Å². The van der Waals surface area contributed by atoms with Crippen molar-refractivity contribution in [1.29, 1.82) is 0 Å². The van der Waals surface area contributed by atoms with Crippen LogP contribution in [0.1, 0.15) is 20.7 Å². The highest BCUT2D eigenvalue weighted by Crippen LogP contribution is 2.39. The summed E-state index contributed by atoms with van der Waals surface area (Å²) in [5, 5.41) is 27.7. The minimum Gasteiger partial charge on any atom is -0.507 e. The number of carboxylic acids is 2. The minimum absolute atomic E-state index is 0.510. The summed E-state index contributed by atoms with van der Waals surface area (Å²) in [5.41, 5.74) is 0.465. The molecule has 2 aromatic rings. The standard InChI is InChI=1S/C13H8ClFN2O6/c14-3-1-2-4(18)5(9(3)15)6-7(12(20)21)10(16)17-11(19)8(6)13(22)23/h1-2,18H,(H,20,21)(H,22,23)(H3,16,17,19). The summed E-state index contributed by atoms with van der Waals surface area (Å²) >= 11 is 5.58. The van der Waals surface area contributed by atoms with Gasteiger partial charge in [-0.3, -0.25) is 4.79 Å². The van der Waals surface area contributed by atoms with Crippen molar-refractivity contribution in [2.75, 3.05) is 5.73 Å². The number of hydrogen-bond acceptors (Lipinski definition) is 5. The fraction of sp³-hybridized carbons (Fsp3) is 0. The zero-order valence-corrected chi connectivity index (χ0v) is 11.8. The number of hydrogen-bond donors (Lipinski definition) is 5. The lowest BCUT2D eigenvalue weighted by Crippen LogP contribution is -2.24. The van der Waals surface area contributed by atoms with E-state index < -0.39 is 62.2 Å². The van der Waals surface area contributed by atoms with E-state index in [0.717, 1.165) is 12.1 Å². The van der Waals surface area contributed by atoms with E-state index in [-0.39, 0.29) is 0 Å². The highest BCUT2D eigenvalue weighted by Gasteiger charge is 2.30. The number of carbonyl (C=O) groups is 2.